The number of unbranched alkanes of at least 4 members (excludes halogenated alkanes) is 4. The van der Waals surface area contributed by atoms with Crippen molar-refractivity contribution in [1.29, 1.82) is 0 Å². The lowest BCUT2D eigenvalue weighted by atomic mass is 9.96. The van der Waals surface area contributed by atoms with Gasteiger partial charge >= 0.3 is 0 Å². The molecule has 1 fully saturated rings. The fourth-order valence-corrected chi connectivity index (χ4v) is 8.09. The Morgan fingerprint density at radius 1 is 0.634 bits per heavy atom. The van der Waals surface area contributed by atoms with E-state index in [0.717, 1.165) is 44.4 Å². The molecule has 10 nitrogen and oxygen atoms in total. The van der Waals surface area contributed by atoms with Gasteiger partial charge < -0.3 is 31.1 Å². The molecule has 10 atom stereocenters. The summed E-state index contributed by atoms with van der Waals surface area (Å²) in [6, 6.07) is -1.16. The molecule has 0 aliphatic carbocycles. The average Bonchev–Trinajstić information content (AvgIpc) is 3.31. The van der Waals surface area contributed by atoms with Crippen LogP contribution in [0.2, 0.25) is 0 Å². The highest BCUT2D eigenvalue weighted by molar-refractivity contribution is 5.96. The number of piperazine rings is 1. The van der Waals surface area contributed by atoms with Crippen LogP contribution in [-0.2, 0) is 9.59 Å². The standard InChI is InChI=1S/C50H92N4O6.C5H10.3C2H6/c1-11-23-41(6)47(58)37-54(36-44(57)33-40(5)26-17-14-20-29-50(8,9)10)31-22-19-28-46-49(60)51-45(48(59)52-46)27-18-21-30-53(34-42(7)55)35-43(56)32-39(4)25-16-13-15-24-38(3)12-2;1-3-5-4-2;3*1-2/h11,16-17,20,25-26,29,38-47,55-58H,1,12-15,18-19,21-24,27-28,30-37H2,2-10H3,(H,51,60)(H,52,59);3H,1,4-5H2,2H3;3*1-2H3/b25-16-,26-17-,29-20-;;;;. The average molecular weight is 1010 g/mol. The van der Waals surface area contributed by atoms with Crippen molar-refractivity contribution in [3.63, 3.8) is 0 Å². The zero-order chi connectivity index (χ0) is 55.2. The lowest BCUT2D eigenvalue weighted by Gasteiger charge is -2.31. The van der Waals surface area contributed by atoms with Crippen LogP contribution in [0.5, 0.6) is 0 Å². The first kappa shape index (κ1) is 74.9. The van der Waals surface area contributed by atoms with E-state index in [1.165, 1.54) is 25.7 Å². The third-order valence-corrected chi connectivity index (χ3v) is 12.2. The number of carbonyl (C=O) groups excluding carboxylic acids is 2. The molecule has 0 spiro atoms. The first-order valence-electron chi connectivity index (χ1n) is 28.7. The van der Waals surface area contributed by atoms with Crippen molar-refractivity contribution >= 4 is 11.8 Å². The third kappa shape index (κ3) is 45.7. The summed E-state index contributed by atoms with van der Waals surface area (Å²) in [4.78, 5) is 30.4. The molecule has 0 saturated carbocycles. The largest absolute Gasteiger partial charge is 0.392 e. The smallest absolute Gasteiger partial charge is 0.243 e. The maximum Gasteiger partial charge on any atom is 0.243 e. The zero-order valence-electron chi connectivity index (χ0n) is 49.4. The molecule has 0 aromatic heterocycles. The molecule has 1 saturated heterocycles. The van der Waals surface area contributed by atoms with Crippen LogP contribution in [0, 0.1) is 29.1 Å². The molecule has 1 aliphatic rings. The number of nitrogens with one attached hydrogen (secondary N) is 2. The Balaban J connectivity index is -0.00000186. The van der Waals surface area contributed by atoms with E-state index >= 15 is 0 Å². The summed E-state index contributed by atoms with van der Waals surface area (Å²) in [7, 11) is 0. The highest BCUT2D eigenvalue weighted by atomic mass is 16.3. The first-order chi connectivity index (χ1) is 33.7. The second-order valence-electron chi connectivity index (χ2n) is 20.7. The molecular weight excluding hydrogens is 885 g/mol. The zero-order valence-corrected chi connectivity index (χ0v) is 49.4. The Hall–Kier alpha value is -2.60. The molecule has 71 heavy (non-hydrogen) atoms. The summed E-state index contributed by atoms with van der Waals surface area (Å²) >= 11 is 0. The van der Waals surface area contributed by atoms with E-state index in [9.17, 15) is 30.0 Å². The Bertz CT molecular complexity index is 1330. The number of allylic oxidation sites excluding steroid dienone is 8. The van der Waals surface area contributed by atoms with Crippen LogP contribution in [0.25, 0.3) is 0 Å². The van der Waals surface area contributed by atoms with Gasteiger partial charge in [0.05, 0.1) is 24.4 Å². The third-order valence-electron chi connectivity index (χ3n) is 12.2. The number of nitrogens with zero attached hydrogens (tertiary/aromatic N) is 2. The summed E-state index contributed by atoms with van der Waals surface area (Å²) in [6.07, 6.45) is 28.8. The molecule has 1 rings (SSSR count). The topological polar surface area (TPSA) is 146 Å². The molecule has 420 valence electrons. The van der Waals surface area contributed by atoms with E-state index in [2.05, 4.69) is 125 Å². The minimum Gasteiger partial charge on any atom is -0.392 e. The van der Waals surface area contributed by atoms with Gasteiger partial charge in [-0.15, -0.1) is 13.2 Å². The van der Waals surface area contributed by atoms with Gasteiger partial charge in [0, 0.05) is 26.2 Å². The molecule has 1 heterocycles. The van der Waals surface area contributed by atoms with Gasteiger partial charge in [-0.25, -0.2) is 0 Å². The molecule has 10 unspecified atom stereocenters. The van der Waals surface area contributed by atoms with Crippen LogP contribution >= 0.6 is 0 Å². The Morgan fingerprint density at radius 2 is 1.11 bits per heavy atom. The lowest BCUT2D eigenvalue weighted by Crippen LogP contribution is -2.61. The van der Waals surface area contributed by atoms with Crippen LogP contribution in [0.15, 0.2) is 61.8 Å². The molecule has 0 aromatic rings. The van der Waals surface area contributed by atoms with Crippen molar-refractivity contribution in [2.24, 2.45) is 29.1 Å². The Kier molecular flexibility index (Phi) is 52.3. The van der Waals surface area contributed by atoms with Gasteiger partial charge in [0.1, 0.15) is 12.1 Å². The number of aliphatic hydroxyl groups is 4. The minimum absolute atomic E-state index is 0.0517. The summed E-state index contributed by atoms with van der Waals surface area (Å²) in [6.45, 7) is 43.8. The van der Waals surface area contributed by atoms with Crippen molar-refractivity contribution in [1.82, 2.24) is 20.4 Å². The maximum absolute atomic E-state index is 13.1. The minimum atomic E-state index is -0.582. The van der Waals surface area contributed by atoms with Crippen LogP contribution < -0.4 is 10.6 Å². The maximum atomic E-state index is 13.1. The van der Waals surface area contributed by atoms with Crippen LogP contribution in [0.4, 0.5) is 0 Å². The monoisotopic (exact) mass is 1000 g/mol. The fraction of sp³-hybridized carbons (Fsp3) is 0.803. The number of hydrogen-bond acceptors (Lipinski definition) is 8. The van der Waals surface area contributed by atoms with Crippen molar-refractivity contribution in [3.8, 4) is 0 Å². The van der Waals surface area contributed by atoms with E-state index in [0.29, 0.717) is 77.8 Å². The molecule has 6 N–H and O–H groups in total. The molecule has 0 aromatic carbocycles. The van der Waals surface area contributed by atoms with Gasteiger partial charge in [0.25, 0.3) is 0 Å². The quantitative estimate of drug-likeness (QED) is 0.0269. The summed E-state index contributed by atoms with van der Waals surface area (Å²) < 4.78 is 0. The highest BCUT2D eigenvalue weighted by Crippen LogP contribution is 2.19. The lowest BCUT2D eigenvalue weighted by molar-refractivity contribution is -0.137. The molecule has 0 bridgehead atoms. The SMILES string of the molecule is C=CCC(C)C(O)CN(CCCCC1NC(=O)C(CCCCN(CC(C)O)CC(O)CC(C)/C=C\CCCC(C)CC)NC1=O)CC(O)CC(C)/C=C\C/C=C\C(C)(C)C.C=CCCC.CC.CC.CC. The van der Waals surface area contributed by atoms with Gasteiger partial charge in [-0.05, 0) is 133 Å². The Labute approximate surface area is 440 Å². The Morgan fingerprint density at radius 3 is 1.52 bits per heavy atom. The fourth-order valence-electron chi connectivity index (χ4n) is 8.09. The number of carbonyl (C=O) groups is 2. The number of aliphatic hydroxyl groups excluding tert-OH is 4. The van der Waals surface area contributed by atoms with Gasteiger partial charge in [-0.3, -0.25) is 19.4 Å². The van der Waals surface area contributed by atoms with Crippen LogP contribution in [-0.4, -0.2) is 118 Å². The van der Waals surface area contributed by atoms with Gasteiger partial charge in [-0.2, -0.15) is 0 Å². The van der Waals surface area contributed by atoms with Crippen LogP contribution in [0.1, 0.15) is 214 Å². The van der Waals surface area contributed by atoms with Gasteiger partial charge in [0.2, 0.25) is 11.8 Å². The second kappa shape index (κ2) is 49.6. The predicted octanol–water partition coefficient (Wildman–Crippen LogP) is 13.0. The number of hydrogen-bond donors (Lipinski definition) is 6. The summed E-state index contributed by atoms with van der Waals surface area (Å²) in [5.41, 5.74) is 0.161. The normalized spacial score (nSPS) is 18.3. The summed E-state index contributed by atoms with van der Waals surface area (Å²) in [5.74, 6) is 0.998. The molecular formula is C61H120N4O6. The van der Waals surface area contributed by atoms with E-state index in [-0.39, 0.29) is 35.0 Å². The molecule has 0 radical (unpaired) electrons. The van der Waals surface area contributed by atoms with Crippen molar-refractivity contribution < 1.29 is 30.0 Å². The highest BCUT2D eigenvalue weighted by Gasteiger charge is 2.33. The first-order valence-corrected chi connectivity index (χ1v) is 28.7. The van der Waals surface area contributed by atoms with E-state index in [1.54, 1.807) is 6.92 Å². The van der Waals surface area contributed by atoms with Crippen molar-refractivity contribution in [2.75, 3.05) is 39.3 Å². The van der Waals surface area contributed by atoms with Gasteiger partial charge in [-0.1, -0.05) is 172 Å². The molecule has 1 aliphatic heterocycles. The second-order valence-corrected chi connectivity index (χ2v) is 20.7. The van der Waals surface area contributed by atoms with Crippen LogP contribution in [0.3, 0.4) is 0 Å². The van der Waals surface area contributed by atoms with E-state index < -0.39 is 36.5 Å². The van der Waals surface area contributed by atoms with E-state index in [1.807, 2.05) is 60.6 Å². The molecule has 10 heteroatoms. The van der Waals surface area contributed by atoms with E-state index in [4.69, 9.17) is 0 Å². The predicted molar refractivity (Wildman–Crippen MR) is 310 cm³/mol. The summed E-state index contributed by atoms with van der Waals surface area (Å²) in [5, 5.41) is 48.9. The van der Waals surface area contributed by atoms with Crippen molar-refractivity contribution in [2.45, 2.75) is 250 Å². The van der Waals surface area contributed by atoms with Crippen molar-refractivity contribution in [3.05, 3.63) is 61.8 Å². The molecule has 2 amide bonds. The number of rotatable bonds is 36. The number of amides is 2. The van der Waals surface area contributed by atoms with Gasteiger partial charge in [0.15, 0.2) is 0 Å².